The third-order valence-corrected chi connectivity index (χ3v) is 2.90. The van der Waals surface area contributed by atoms with E-state index in [9.17, 15) is 0 Å². The largest absolute Gasteiger partial charge is 0.282 e. The van der Waals surface area contributed by atoms with Crippen molar-refractivity contribution in [3.05, 3.63) is 41.2 Å². The van der Waals surface area contributed by atoms with Crippen molar-refractivity contribution >= 4 is 29.1 Å². The molecule has 0 atom stereocenters. The number of pyridine rings is 1. The quantitative estimate of drug-likeness (QED) is 0.555. The summed E-state index contributed by atoms with van der Waals surface area (Å²) in [5, 5.41) is 12.5. The number of hydrogen-bond acceptors (Lipinski definition) is 2. The van der Waals surface area contributed by atoms with Crippen molar-refractivity contribution in [2.45, 2.75) is 6.92 Å². The van der Waals surface area contributed by atoms with Gasteiger partial charge < -0.3 is 0 Å². The second-order valence-electron chi connectivity index (χ2n) is 3.72. The van der Waals surface area contributed by atoms with Gasteiger partial charge in [-0.25, -0.2) is 0 Å². The number of hydrogen-bond donors (Lipinski definition) is 0. The van der Waals surface area contributed by atoms with Crippen LogP contribution in [0.2, 0.25) is 0 Å². The van der Waals surface area contributed by atoms with Gasteiger partial charge in [0.05, 0.1) is 0 Å². The highest BCUT2D eigenvalue weighted by atomic mass is 15.2. The number of aromatic nitrogens is 3. The predicted molar refractivity (Wildman–Crippen MR) is 65.4 cm³/mol. The summed E-state index contributed by atoms with van der Waals surface area (Å²) in [7, 11) is 0. The van der Waals surface area contributed by atoms with Crippen LogP contribution in [0.1, 0.15) is 6.92 Å². The Morgan fingerprint density at radius 1 is 1.25 bits per heavy atom. The van der Waals surface area contributed by atoms with Crippen LogP contribution in [0.25, 0.3) is 29.1 Å². The third kappa shape index (κ3) is 1.03. The first-order valence-electron chi connectivity index (χ1n) is 5.18. The van der Waals surface area contributed by atoms with E-state index in [0.717, 1.165) is 21.6 Å². The highest BCUT2D eigenvalue weighted by Crippen LogP contribution is 2.12. The third-order valence-electron chi connectivity index (χ3n) is 2.90. The van der Waals surface area contributed by atoms with E-state index in [2.05, 4.69) is 35.0 Å². The summed E-state index contributed by atoms with van der Waals surface area (Å²) in [6.07, 6.45) is 3.78. The molecular weight excluding hydrogens is 198 g/mol. The predicted octanol–water partition coefficient (Wildman–Crippen LogP) is 1.09. The van der Waals surface area contributed by atoms with E-state index >= 15 is 0 Å². The molecule has 78 valence electrons. The Kier molecular flexibility index (Phi) is 1.80. The van der Waals surface area contributed by atoms with Gasteiger partial charge in [-0.3, -0.25) is 4.40 Å². The van der Waals surface area contributed by atoms with E-state index in [0.29, 0.717) is 0 Å². The Labute approximate surface area is 92.4 Å². The van der Waals surface area contributed by atoms with Gasteiger partial charge in [-0.2, -0.15) is 0 Å². The second kappa shape index (κ2) is 3.17. The zero-order valence-electron chi connectivity index (χ0n) is 9.01. The monoisotopic (exact) mass is 209 g/mol. The molecule has 3 nitrogen and oxygen atoms in total. The highest BCUT2D eigenvalue weighted by Gasteiger charge is 2.04. The lowest BCUT2D eigenvalue weighted by Crippen LogP contribution is -2.30. The van der Waals surface area contributed by atoms with Crippen molar-refractivity contribution in [3.63, 3.8) is 0 Å². The average molecular weight is 209 g/mol. The molecule has 3 heteroatoms. The lowest BCUT2D eigenvalue weighted by Gasteiger charge is -2.02. The van der Waals surface area contributed by atoms with Crippen LogP contribution in [0.15, 0.2) is 30.6 Å². The molecule has 0 saturated heterocycles. The van der Waals surface area contributed by atoms with Gasteiger partial charge in [0.25, 0.3) is 0 Å². The fourth-order valence-corrected chi connectivity index (χ4v) is 2.14. The molecule has 0 fully saturated rings. The normalized spacial score (nSPS) is 12.7. The molecule has 0 aliphatic heterocycles. The van der Waals surface area contributed by atoms with Crippen LogP contribution in [0, 0.1) is 0 Å². The highest BCUT2D eigenvalue weighted by molar-refractivity contribution is 5.94. The molecule has 2 heterocycles. The number of nitrogens with zero attached hydrogens (tertiary/aromatic N) is 3. The van der Waals surface area contributed by atoms with Crippen molar-refractivity contribution in [1.82, 2.24) is 14.6 Å². The maximum Gasteiger partial charge on any atom is 0.168 e. The van der Waals surface area contributed by atoms with Gasteiger partial charge in [-0.1, -0.05) is 36.9 Å². The molecule has 0 radical (unpaired) electrons. The van der Waals surface area contributed by atoms with E-state index in [1.807, 2.05) is 23.5 Å². The molecular formula is C13H11N3. The van der Waals surface area contributed by atoms with Crippen molar-refractivity contribution < 1.29 is 0 Å². The first-order chi connectivity index (χ1) is 7.83. The molecule has 0 saturated carbocycles. The summed E-state index contributed by atoms with van der Waals surface area (Å²) in [4.78, 5) is 0. The van der Waals surface area contributed by atoms with Crippen LogP contribution in [-0.2, 0) is 0 Å². The van der Waals surface area contributed by atoms with Crippen LogP contribution in [-0.4, -0.2) is 14.6 Å². The second-order valence-corrected chi connectivity index (χ2v) is 3.72. The van der Waals surface area contributed by atoms with Crippen molar-refractivity contribution in [2.24, 2.45) is 0 Å². The van der Waals surface area contributed by atoms with Crippen molar-refractivity contribution in [3.8, 4) is 0 Å². The Bertz CT molecular complexity index is 784. The summed E-state index contributed by atoms with van der Waals surface area (Å²) in [5.41, 5.74) is 0.867. The SMILES string of the molecule is C=c1/c(=C\C)c2ccccc2c2nncn12. The number of benzene rings is 1. The van der Waals surface area contributed by atoms with Crippen LogP contribution < -0.4 is 10.6 Å². The number of rotatable bonds is 0. The minimum absolute atomic E-state index is 0.867. The molecule has 0 aliphatic carbocycles. The van der Waals surface area contributed by atoms with E-state index < -0.39 is 0 Å². The molecule has 0 amide bonds. The van der Waals surface area contributed by atoms with E-state index in [1.54, 1.807) is 6.33 Å². The van der Waals surface area contributed by atoms with Gasteiger partial charge in [0.1, 0.15) is 6.33 Å². The summed E-state index contributed by atoms with van der Waals surface area (Å²) < 4.78 is 1.93. The molecule has 0 aliphatic rings. The Balaban J connectivity index is 2.82. The molecule has 3 rings (SSSR count). The van der Waals surface area contributed by atoms with Crippen LogP contribution in [0.5, 0.6) is 0 Å². The summed E-state index contributed by atoms with van der Waals surface area (Å²) in [6.45, 7) is 6.11. The first kappa shape index (κ1) is 9.09. The summed E-state index contributed by atoms with van der Waals surface area (Å²) in [5.74, 6) is 0. The zero-order valence-corrected chi connectivity index (χ0v) is 9.01. The molecule has 3 aromatic rings. The Morgan fingerprint density at radius 3 is 2.75 bits per heavy atom. The average Bonchev–Trinajstić information content (AvgIpc) is 2.79. The lowest BCUT2D eigenvalue weighted by atomic mass is 10.1. The topological polar surface area (TPSA) is 30.2 Å². The van der Waals surface area contributed by atoms with E-state index in [4.69, 9.17) is 0 Å². The molecule has 2 aromatic heterocycles. The maximum atomic E-state index is 4.14. The van der Waals surface area contributed by atoms with E-state index in [-0.39, 0.29) is 0 Å². The van der Waals surface area contributed by atoms with Crippen molar-refractivity contribution in [1.29, 1.82) is 0 Å². The van der Waals surface area contributed by atoms with Gasteiger partial charge in [-0.05, 0) is 12.3 Å². The van der Waals surface area contributed by atoms with Crippen molar-refractivity contribution in [2.75, 3.05) is 0 Å². The maximum absolute atomic E-state index is 4.14. The van der Waals surface area contributed by atoms with Gasteiger partial charge in [-0.15, -0.1) is 10.2 Å². The van der Waals surface area contributed by atoms with Crippen LogP contribution in [0.3, 0.4) is 0 Å². The first-order valence-corrected chi connectivity index (χ1v) is 5.18. The molecule has 0 bridgehead atoms. The minimum atomic E-state index is 0.867. The van der Waals surface area contributed by atoms with Crippen LogP contribution in [0.4, 0.5) is 0 Å². The molecule has 0 spiro atoms. The number of fused-ring (bicyclic) bond motifs is 3. The lowest BCUT2D eigenvalue weighted by molar-refractivity contribution is 1.08. The Morgan fingerprint density at radius 2 is 2.00 bits per heavy atom. The van der Waals surface area contributed by atoms with Gasteiger partial charge in [0.2, 0.25) is 0 Å². The molecule has 16 heavy (non-hydrogen) atoms. The van der Waals surface area contributed by atoms with Gasteiger partial charge >= 0.3 is 0 Å². The fraction of sp³-hybridized carbons (Fsp3) is 0.0769. The molecule has 1 aromatic carbocycles. The van der Waals surface area contributed by atoms with Crippen LogP contribution >= 0.6 is 0 Å². The smallest absolute Gasteiger partial charge is 0.168 e. The zero-order chi connectivity index (χ0) is 11.1. The summed E-state index contributed by atoms with van der Waals surface area (Å²) >= 11 is 0. The minimum Gasteiger partial charge on any atom is -0.282 e. The van der Waals surface area contributed by atoms with E-state index in [1.165, 1.54) is 5.39 Å². The molecule has 0 N–H and O–H groups in total. The molecule has 0 unspecified atom stereocenters. The Hall–Kier alpha value is -2.16. The fourth-order valence-electron chi connectivity index (χ4n) is 2.14. The van der Waals surface area contributed by atoms with Gasteiger partial charge in [0, 0.05) is 16.0 Å². The standard InChI is InChI=1S/C13H11N3/c1-3-10-9(2)16-8-14-15-13(16)12-7-5-4-6-11(10)12/h3-8H,2H2,1H3/b10-3+. The summed E-state index contributed by atoms with van der Waals surface area (Å²) in [6, 6.07) is 8.20. The van der Waals surface area contributed by atoms with Gasteiger partial charge in [0.15, 0.2) is 5.65 Å².